The largest absolute Gasteiger partial charge is 0.372 e. The van der Waals surface area contributed by atoms with Crippen LogP contribution in [0.25, 0.3) is 0 Å². The molecule has 1 aromatic rings. The molecular weight excluding hydrogens is 200 g/mol. The van der Waals surface area contributed by atoms with E-state index in [-0.39, 0.29) is 6.10 Å². The Labute approximate surface area is 97.6 Å². The van der Waals surface area contributed by atoms with Gasteiger partial charge in [0, 0.05) is 24.5 Å². The van der Waals surface area contributed by atoms with Gasteiger partial charge in [0.1, 0.15) is 0 Å². The molecule has 0 aliphatic carbocycles. The zero-order valence-electron chi connectivity index (χ0n) is 10.0. The molecule has 1 aliphatic rings. The van der Waals surface area contributed by atoms with Gasteiger partial charge in [-0.15, -0.1) is 0 Å². The first-order valence-electron chi connectivity index (χ1n) is 6.34. The predicted octanol–water partition coefficient (Wildman–Crippen LogP) is 2.62. The van der Waals surface area contributed by atoms with Crippen LogP contribution < -0.4 is 5.32 Å². The maximum atomic E-state index is 5.82. The van der Waals surface area contributed by atoms with Crippen LogP contribution in [0.2, 0.25) is 0 Å². The van der Waals surface area contributed by atoms with Crippen LogP contribution in [0.1, 0.15) is 44.4 Å². The van der Waals surface area contributed by atoms with Crippen molar-refractivity contribution in [2.45, 2.75) is 44.8 Å². The topological polar surface area (TPSA) is 37.0 Å². The third-order valence-corrected chi connectivity index (χ3v) is 3.31. The van der Waals surface area contributed by atoms with E-state index in [1.165, 1.54) is 25.8 Å². The minimum atomic E-state index is 0.179. The number of hydrogen-bond donors (Lipinski definition) is 2. The summed E-state index contributed by atoms with van der Waals surface area (Å²) in [5, 5.41) is 3.54. The van der Waals surface area contributed by atoms with Crippen molar-refractivity contribution in [1.29, 1.82) is 0 Å². The van der Waals surface area contributed by atoms with Gasteiger partial charge < -0.3 is 15.0 Å². The Morgan fingerprint density at radius 1 is 1.50 bits per heavy atom. The Morgan fingerprint density at radius 2 is 2.44 bits per heavy atom. The molecule has 0 radical (unpaired) electrons. The van der Waals surface area contributed by atoms with Crippen LogP contribution in [0.5, 0.6) is 0 Å². The molecule has 0 saturated carbocycles. The Kier molecular flexibility index (Phi) is 4.43. The summed E-state index contributed by atoms with van der Waals surface area (Å²) in [4.78, 5) is 3.18. The second-order valence-corrected chi connectivity index (χ2v) is 4.57. The van der Waals surface area contributed by atoms with Gasteiger partial charge in [0.15, 0.2) is 0 Å². The van der Waals surface area contributed by atoms with E-state index in [1.54, 1.807) is 0 Å². The molecule has 90 valence electrons. The number of piperidine rings is 1. The van der Waals surface area contributed by atoms with Crippen molar-refractivity contribution < 1.29 is 4.74 Å². The average molecular weight is 222 g/mol. The third-order valence-electron chi connectivity index (χ3n) is 3.31. The third kappa shape index (κ3) is 3.35. The van der Waals surface area contributed by atoms with Crippen molar-refractivity contribution in [2.75, 3.05) is 13.2 Å². The molecule has 1 fully saturated rings. The lowest BCUT2D eigenvalue weighted by Gasteiger charge is -2.23. The van der Waals surface area contributed by atoms with Gasteiger partial charge >= 0.3 is 0 Å². The lowest BCUT2D eigenvalue weighted by molar-refractivity contribution is 0.0549. The minimum absolute atomic E-state index is 0.179. The minimum Gasteiger partial charge on any atom is -0.372 e. The lowest BCUT2D eigenvalue weighted by Crippen LogP contribution is -2.34. The van der Waals surface area contributed by atoms with Gasteiger partial charge in [0.2, 0.25) is 0 Å². The van der Waals surface area contributed by atoms with Crippen LogP contribution in [-0.2, 0) is 4.74 Å². The molecule has 16 heavy (non-hydrogen) atoms. The normalized spacial score (nSPS) is 23.2. The molecule has 3 nitrogen and oxygen atoms in total. The first-order valence-corrected chi connectivity index (χ1v) is 6.34. The monoisotopic (exact) mass is 222 g/mol. The van der Waals surface area contributed by atoms with Gasteiger partial charge in [-0.1, -0.05) is 6.42 Å². The lowest BCUT2D eigenvalue weighted by atomic mass is 10.0. The van der Waals surface area contributed by atoms with Crippen LogP contribution in [0.15, 0.2) is 18.3 Å². The quantitative estimate of drug-likeness (QED) is 0.803. The second kappa shape index (κ2) is 6.06. The summed E-state index contributed by atoms with van der Waals surface area (Å²) in [5.74, 6) is 0. The SMILES string of the molecule is C[C@@H](OCC[C@@H]1CCCCN1)c1ccc[nH]1. The van der Waals surface area contributed by atoms with Crippen molar-refractivity contribution >= 4 is 0 Å². The summed E-state index contributed by atoms with van der Waals surface area (Å²) in [7, 11) is 0. The van der Waals surface area contributed by atoms with Crippen LogP contribution in [-0.4, -0.2) is 24.2 Å². The van der Waals surface area contributed by atoms with Gasteiger partial charge in [-0.2, -0.15) is 0 Å². The molecule has 2 heterocycles. The van der Waals surface area contributed by atoms with Gasteiger partial charge in [-0.05, 0) is 44.9 Å². The van der Waals surface area contributed by atoms with E-state index in [1.807, 2.05) is 12.3 Å². The Hall–Kier alpha value is -0.800. The zero-order chi connectivity index (χ0) is 11.2. The van der Waals surface area contributed by atoms with Crippen LogP contribution in [0.3, 0.4) is 0 Å². The summed E-state index contributed by atoms with van der Waals surface area (Å²) in [6.45, 7) is 4.12. The van der Waals surface area contributed by atoms with E-state index in [0.29, 0.717) is 6.04 Å². The fourth-order valence-electron chi connectivity index (χ4n) is 2.24. The second-order valence-electron chi connectivity index (χ2n) is 4.57. The smallest absolute Gasteiger partial charge is 0.0944 e. The first-order chi connectivity index (χ1) is 7.86. The van der Waals surface area contributed by atoms with Crippen molar-refractivity contribution in [3.8, 4) is 0 Å². The molecule has 3 heteroatoms. The van der Waals surface area contributed by atoms with Crippen LogP contribution in [0, 0.1) is 0 Å². The number of aromatic nitrogens is 1. The highest BCUT2D eigenvalue weighted by atomic mass is 16.5. The average Bonchev–Trinajstić information content (AvgIpc) is 2.84. The zero-order valence-corrected chi connectivity index (χ0v) is 10.0. The molecule has 0 unspecified atom stereocenters. The molecule has 1 aliphatic heterocycles. The van der Waals surface area contributed by atoms with E-state index in [4.69, 9.17) is 4.74 Å². The van der Waals surface area contributed by atoms with E-state index in [2.05, 4.69) is 23.3 Å². The number of ether oxygens (including phenoxy) is 1. The maximum absolute atomic E-state index is 5.82. The van der Waals surface area contributed by atoms with Crippen molar-refractivity contribution in [2.24, 2.45) is 0 Å². The molecule has 0 bridgehead atoms. The Balaban J connectivity index is 1.63. The maximum Gasteiger partial charge on any atom is 0.0944 e. The molecule has 2 N–H and O–H groups in total. The number of aromatic amines is 1. The van der Waals surface area contributed by atoms with Gasteiger partial charge in [-0.25, -0.2) is 0 Å². The summed E-state index contributed by atoms with van der Waals surface area (Å²) >= 11 is 0. The fraction of sp³-hybridized carbons (Fsp3) is 0.692. The van der Waals surface area contributed by atoms with Crippen molar-refractivity contribution in [1.82, 2.24) is 10.3 Å². The highest BCUT2D eigenvalue weighted by Crippen LogP contribution is 2.16. The molecular formula is C13H22N2O. The van der Waals surface area contributed by atoms with Gasteiger partial charge in [0.25, 0.3) is 0 Å². The van der Waals surface area contributed by atoms with Gasteiger partial charge in [-0.3, -0.25) is 0 Å². The summed E-state index contributed by atoms with van der Waals surface area (Å²) in [6.07, 6.45) is 7.25. The standard InChI is InChI=1S/C13H22N2O/c1-11(13-6-4-9-15-13)16-10-7-12-5-2-3-8-14-12/h4,6,9,11-12,14-15H,2-3,5,7-8,10H2,1H3/t11-,12+/m1/s1. The first kappa shape index (κ1) is 11.7. The number of nitrogens with one attached hydrogen (secondary N) is 2. The molecule has 2 rings (SSSR count). The number of H-pyrrole nitrogens is 1. The summed E-state index contributed by atoms with van der Waals surface area (Å²) in [5.41, 5.74) is 1.16. The van der Waals surface area contributed by atoms with Crippen molar-refractivity contribution in [3.63, 3.8) is 0 Å². The highest BCUT2D eigenvalue weighted by molar-refractivity contribution is 5.06. The summed E-state index contributed by atoms with van der Waals surface area (Å²) < 4.78 is 5.82. The summed E-state index contributed by atoms with van der Waals surface area (Å²) in [6, 6.07) is 4.76. The molecule has 1 saturated heterocycles. The van der Waals surface area contributed by atoms with Crippen molar-refractivity contribution in [3.05, 3.63) is 24.0 Å². The molecule has 0 aromatic carbocycles. The predicted molar refractivity (Wildman–Crippen MR) is 65.4 cm³/mol. The van der Waals surface area contributed by atoms with E-state index < -0.39 is 0 Å². The molecule has 0 spiro atoms. The van der Waals surface area contributed by atoms with E-state index in [0.717, 1.165) is 18.7 Å². The molecule has 1 aromatic heterocycles. The van der Waals surface area contributed by atoms with E-state index in [9.17, 15) is 0 Å². The fourth-order valence-corrected chi connectivity index (χ4v) is 2.24. The number of rotatable bonds is 5. The van der Waals surface area contributed by atoms with Gasteiger partial charge in [0.05, 0.1) is 6.10 Å². The Bertz CT molecular complexity index is 278. The van der Waals surface area contributed by atoms with Crippen LogP contribution in [0.4, 0.5) is 0 Å². The number of hydrogen-bond acceptors (Lipinski definition) is 2. The molecule has 2 atom stereocenters. The highest BCUT2D eigenvalue weighted by Gasteiger charge is 2.13. The Morgan fingerprint density at radius 3 is 3.12 bits per heavy atom. The van der Waals surface area contributed by atoms with Crippen LogP contribution >= 0.6 is 0 Å². The van der Waals surface area contributed by atoms with E-state index >= 15 is 0 Å². The molecule has 0 amide bonds.